The summed E-state index contributed by atoms with van der Waals surface area (Å²) in [5.74, 6) is 0.727. The molecule has 1 heterocycles. The van der Waals surface area contributed by atoms with Gasteiger partial charge in [0.1, 0.15) is 12.4 Å². The van der Waals surface area contributed by atoms with Gasteiger partial charge in [0.25, 0.3) is 5.91 Å². The van der Waals surface area contributed by atoms with Crippen LogP contribution in [0.5, 0.6) is 5.75 Å². The number of amides is 1. The van der Waals surface area contributed by atoms with Gasteiger partial charge in [0.05, 0.1) is 5.52 Å². The molecule has 0 spiro atoms. The Morgan fingerprint density at radius 2 is 1.92 bits per heavy atom. The second-order valence-electron chi connectivity index (χ2n) is 5.22. The van der Waals surface area contributed by atoms with Crippen LogP contribution < -0.4 is 10.1 Å². The van der Waals surface area contributed by atoms with Gasteiger partial charge in [0, 0.05) is 23.7 Å². The predicted octanol–water partition coefficient (Wildman–Crippen LogP) is 3.60. The Bertz CT molecular complexity index is 844. The molecule has 1 aromatic heterocycles. The lowest BCUT2D eigenvalue weighted by Gasteiger charge is -2.04. The summed E-state index contributed by atoms with van der Waals surface area (Å²) in [6, 6.07) is 18.9. The van der Waals surface area contributed by atoms with Crippen molar-refractivity contribution in [2.45, 2.75) is 0 Å². The number of carbonyl (C=O) groups excluding carboxylic acids is 1. The molecule has 1 amide bonds. The Labute approximate surface area is 140 Å². The Hall–Kier alpha value is -3.14. The van der Waals surface area contributed by atoms with Gasteiger partial charge < -0.3 is 10.1 Å². The van der Waals surface area contributed by atoms with E-state index in [-0.39, 0.29) is 5.91 Å². The van der Waals surface area contributed by atoms with Crippen molar-refractivity contribution in [3.05, 3.63) is 84.6 Å². The minimum Gasteiger partial charge on any atom is -0.490 e. The van der Waals surface area contributed by atoms with Crippen molar-refractivity contribution in [2.24, 2.45) is 0 Å². The van der Waals surface area contributed by atoms with Gasteiger partial charge in [-0.2, -0.15) is 0 Å². The zero-order valence-electron chi connectivity index (χ0n) is 13.2. The summed E-state index contributed by atoms with van der Waals surface area (Å²) >= 11 is 0. The maximum absolute atomic E-state index is 12.1. The molecule has 0 aliphatic rings. The van der Waals surface area contributed by atoms with Crippen LogP contribution in [0, 0.1) is 0 Å². The fraction of sp³-hybridized carbons (Fsp3) is 0.100. The number of aromatic nitrogens is 1. The molecule has 120 valence electrons. The molecule has 0 saturated carbocycles. The van der Waals surface area contributed by atoms with Gasteiger partial charge in [-0.25, -0.2) is 0 Å². The standard InChI is InChI=1S/C20H18N2O2/c23-20(17-10-11-19-16(15-17)7-6-13-21-19)22-12-4-5-14-24-18-8-2-1-3-9-18/h1-11,13,15H,12,14H2,(H,22,23)/b5-4+. The smallest absolute Gasteiger partial charge is 0.251 e. The number of para-hydroxylation sites is 1. The molecule has 2 aromatic carbocycles. The van der Waals surface area contributed by atoms with E-state index in [1.807, 2.05) is 66.7 Å². The highest BCUT2D eigenvalue weighted by molar-refractivity contribution is 5.97. The monoisotopic (exact) mass is 318 g/mol. The van der Waals surface area contributed by atoms with Gasteiger partial charge in [-0.3, -0.25) is 9.78 Å². The highest BCUT2D eigenvalue weighted by Crippen LogP contribution is 2.13. The van der Waals surface area contributed by atoms with Crippen molar-refractivity contribution in [2.75, 3.05) is 13.2 Å². The van der Waals surface area contributed by atoms with Gasteiger partial charge in [-0.1, -0.05) is 30.3 Å². The third-order valence-corrected chi connectivity index (χ3v) is 3.50. The molecule has 3 aromatic rings. The molecule has 4 nitrogen and oxygen atoms in total. The summed E-state index contributed by atoms with van der Waals surface area (Å²) in [4.78, 5) is 16.4. The van der Waals surface area contributed by atoms with Crippen LogP contribution in [0.2, 0.25) is 0 Å². The number of benzene rings is 2. The summed E-state index contributed by atoms with van der Waals surface area (Å²) < 4.78 is 5.54. The number of carbonyl (C=O) groups is 1. The van der Waals surface area contributed by atoms with Crippen LogP contribution in [0.1, 0.15) is 10.4 Å². The maximum atomic E-state index is 12.1. The van der Waals surface area contributed by atoms with E-state index in [1.54, 1.807) is 12.3 Å². The Morgan fingerprint density at radius 1 is 1.04 bits per heavy atom. The fourth-order valence-corrected chi connectivity index (χ4v) is 2.28. The van der Waals surface area contributed by atoms with Crippen molar-refractivity contribution in [1.29, 1.82) is 0 Å². The average molecular weight is 318 g/mol. The van der Waals surface area contributed by atoms with Gasteiger partial charge in [-0.05, 0) is 42.5 Å². The summed E-state index contributed by atoms with van der Waals surface area (Å²) in [5, 5.41) is 3.82. The molecule has 4 heteroatoms. The molecule has 0 fully saturated rings. The van der Waals surface area contributed by atoms with E-state index in [1.165, 1.54) is 0 Å². The van der Waals surface area contributed by atoms with E-state index in [0.29, 0.717) is 18.7 Å². The van der Waals surface area contributed by atoms with Crippen molar-refractivity contribution in [3.8, 4) is 5.75 Å². The predicted molar refractivity (Wildman–Crippen MR) is 95.2 cm³/mol. The third kappa shape index (κ3) is 4.20. The molecule has 0 atom stereocenters. The molecule has 1 N–H and O–H groups in total. The van der Waals surface area contributed by atoms with Crippen LogP contribution in [0.15, 0.2) is 79.0 Å². The van der Waals surface area contributed by atoms with E-state index in [4.69, 9.17) is 4.74 Å². The lowest BCUT2D eigenvalue weighted by atomic mass is 10.1. The Morgan fingerprint density at radius 3 is 2.79 bits per heavy atom. The van der Waals surface area contributed by atoms with Crippen LogP contribution in [0.25, 0.3) is 10.9 Å². The van der Waals surface area contributed by atoms with Crippen molar-refractivity contribution >= 4 is 16.8 Å². The first kappa shape index (κ1) is 15.7. The Kier molecular flexibility index (Phi) is 5.20. The second-order valence-corrected chi connectivity index (χ2v) is 5.22. The molecular formula is C20H18N2O2. The molecule has 0 aliphatic heterocycles. The molecule has 0 saturated heterocycles. The maximum Gasteiger partial charge on any atom is 0.251 e. The zero-order valence-corrected chi connectivity index (χ0v) is 13.2. The van der Waals surface area contributed by atoms with Crippen molar-refractivity contribution in [3.63, 3.8) is 0 Å². The quantitative estimate of drug-likeness (QED) is 0.707. The summed E-state index contributed by atoms with van der Waals surface area (Å²) in [5.41, 5.74) is 1.51. The number of hydrogen-bond acceptors (Lipinski definition) is 3. The van der Waals surface area contributed by atoms with Crippen molar-refractivity contribution in [1.82, 2.24) is 10.3 Å². The fourth-order valence-electron chi connectivity index (χ4n) is 2.28. The first-order valence-electron chi connectivity index (χ1n) is 7.79. The van der Waals surface area contributed by atoms with Crippen LogP contribution in [-0.2, 0) is 0 Å². The van der Waals surface area contributed by atoms with E-state index < -0.39 is 0 Å². The third-order valence-electron chi connectivity index (χ3n) is 3.50. The van der Waals surface area contributed by atoms with Crippen molar-refractivity contribution < 1.29 is 9.53 Å². The van der Waals surface area contributed by atoms with Gasteiger partial charge in [-0.15, -0.1) is 0 Å². The van der Waals surface area contributed by atoms with E-state index >= 15 is 0 Å². The largest absolute Gasteiger partial charge is 0.490 e. The zero-order chi connectivity index (χ0) is 16.6. The Balaban J connectivity index is 1.47. The normalized spacial score (nSPS) is 10.8. The number of pyridine rings is 1. The molecule has 24 heavy (non-hydrogen) atoms. The van der Waals surface area contributed by atoms with E-state index in [0.717, 1.165) is 16.7 Å². The second kappa shape index (κ2) is 7.92. The number of rotatable bonds is 6. The minimum atomic E-state index is -0.102. The molecule has 0 radical (unpaired) electrons. The molecule has 3 rings (SSSR count). The first-order chi connectivity index (χ1) is 11.8. The lowest BCUT2D eigenvalue weighted by molar-refractivity contribution is 0.0958. The van der Waals surface area contributed by atoms with Gasteiger partial charge >= 0.3 is 0 Å². The van der Waals surface area contributed by atoms with E-state index in [2.05, 4.69) is 10.3 Å². The highest BCUT2D eigenvalue weighted by atomic mass is 16.5. The molecular weight excluding hydrogens is 300 g/mol. The first-order valence-corrected chi connectivity index (χ1v) is 7.79. The number of nitrogens with one attached hydrogen (secondary N) is 1. The number of hydrogen-bond donors (Lipinski definition) is 1. The van der Waals surface area contributed by atoms with E-state index in [9.17, 15) is 4.79 Å². The minimum absolute atomic E-state index is 0.102. The topological polar surface area (TPSA) is 51.2 Å². The van der Waals surface area contributed by atoms with Crippen LogP contribution in [-0.4, -0.2) is 24.0 Å². The molecule has 0 unspecified atom stereocenters. The highest BCUT2D eigenvalue weighted by Gasteiger charge is 2.05. The van der Waals surface area contributed by atoms with Crippen LogP contribution in [0.3, 0.4) is 0 Å². The number of fused-ring (bicyclic) bond motifs is 1. The lowest BCUT2D eigenvalue weighted by Crippen LogP contribution is -2.23. The van der Waals surface area contributed by atoms with Gasteiger partial charge in [0.15, 0.2) is 0 Å². The van der Waals surface area contributed by atoms with Crippen LogP contribution in [0.4, 0.5) is 0 Å². The average Bonchev–Trinajstić information content (AvgIpc) is 2.65. The van der Waals surface area contributed by atoms with Crippen LogP contribution >= 0.6 is 0 Å². The molecule has 0 bridgehead atoms. The summed E-state index contributed by atoms with van der Waals surface area (Å²) in [7, 11) is 0. The molecule has 0 aliphatic carbocycles. The summed E-state index contributed by atoms with van der Waals surface area (Å²) in [6.07, 6.45) is 5.51. The number of ether oxygens (including phenoxy) is 1. The SMILES string of the molecule is O=C(NC/C=C/COc1ccccc1)c1ccc2ncccc2c1. The number of nitrogens with zero attached hydrogens (tertiary/aromatic N) is 1. The van der Waals surface area contributed by atoms with Gasteiger partial charge in [0.2, 0.25) is 0 Å². The summed E-state index contributed by atoms with van der Waals surface area (Å²) in [6.45, 7) is 0.934.